The summed E-state index contributed by atoms with van der Waals surface area (Å²) >= 11 is 0. The Kier molecular flexibility index (Phi) is 7.64. The number of urea groups is 1. The lowest BCUT2D eigenvalue weighted by molar-refractivity contribution is -0.137. The lowest BCUT2D eigenvalue weighted by Gasteiger charge is -2.43. The summed E-state index contributed by atoms with van der Waals surface area (Å²) < 4.78 is 13.2. The van der Waals surface area contributed by atoms with Crippen LogP contribution in [0.1, 0.15) is 24.0 Å². The smallest absolute Gasteiger partial charge is 0.321 e. The maximum absolute atomic E-state index is 13.9. The topological polar surface area (TPSA) is 109 Å². The van der Waals surface area contributed by atoms with Crippen LogP contribution >= 0.6 is 0 Å². The molecular weight excluding hydrogens is 511 g/mol. The molecule has 3 aromatic carbocycles. The van der Waals surface area contributed by atoms with Crippen molar-refractivity contribution in [2.45, 2.75) is 24.9 Å². The molecule has 2 saturated heterocycles. The van der Waals surface area contributed by atoms with Crippen molar-refractivity contribution >= 4 is 29.2 Å². The van der Waals surface area contributed by atoms with E-state index in [1.54, 1.807) is 46.2 Å². The summed E-state index contributed by atoms with van der Waals surface area (Å²) in [5, 5.41) is 14.6. The molecule has 0 saturated carbocycles. The first kappa shape index (κ1) is 26.7. The first-order valence-electron chi connectivity index (χ1n) is 13.1. The van der Waals surface area contributed by atoms with Crippen LogP contribution in [0.3, 0.4) is 0 Å². The Morgan fingerprint density at radius 3 is 2.27 bits per heavy atom. The van der Waals surface area contributed by atoms with Crippen LogP contribution in [0.5, 0.6) is 0 Å². The normalized spacial score (nSPS) is 16.1. The van der Waals surface area contributed by atoms with E-state index < -0.39 is 5.54 Å². The van der Waals surface area contributed by atoms with Gasteiger partial charge >= 0.3 is 6.03 Å². The van der Waals surface area contributed by atoms with Crippen molar-refractivity contribution < 1.29 is 18.8 Å². The molecule has 2 aliphatic rings. The van der Waals surface area contributed by atoms with Crippen molar-refractivity contribution in [3.05, 3.63) is 95.8 Å². The molecule has 10 heteroatoms. The number of halogens is 1. The predicted octanol–water partition coefficient (Wildman–Crippen LogP) is 3.69. The van der Waals surface area contributed by atoms with Crippen molar-refractivity contribution in [2.75, 3.05) is 36.5 Å². The number of nitrogens with one attached hydrogen (secondary N) is 2. The summed E-state index contributed by atoms with van der Waals surface area (Å²) in [5.41, 5.74) is 1.86. The van der Waals surface area contributed by atoms with Crippen LogP contribution in [0.15, 0.2) is 78.9 Å². The van der Waals surface area contributed by atoms with E-state index in [0.29, 0.717) is 37.2 Å². The molecule has 0 bridgehead atoms. The third-order valence-corrected chi connectivity index (χ3v) is 7.46. The molecule has 2 N–H and O–H groups in total. The molecule has 4 amide bonds. The number of nitriles is 1. The molecule has 1 spiro atoms. The molecule has 0 unspecified atom stereocenters. The van der Waals surface area contributed by atoms with E-state index in [0.717, 1.165) is 11.3 Å². The number of likely N-dealkylation sites (tertiary alicyclic amines) is 1. The van der Waals surface area contributed by atoms with Gasteiger partial charge in [-0.1, -0.05) is 30.3 Å². The van der Waals surface area contributed by atoms with Gasteiger partial charge in [0.1, 0.15) is 17.9 Å². The SMILES string of the molecule is N#Cc1ccc(NC(=O)N2CCC3(CC2)C(=O)N(CC(=O)NCc2ccc(F)cc2)CN3c2ccccc2)cc1. The van der Waals surface area contributed by atoms with Crippen LogP contribution in [0.2, 0.25) is 0 Å². The molecule has 0 aliphatic carbocycles. The Balaban J connectivity index is 1.26. The molecular formula is C30H29FN6O3. The third kappa shape index (κ3) is 5.59. The largest absolute Gasteiger partial charge is 0.350 e. The summed E-state index contributed by atoms with van der Waals surface area (Å²) in [4.78, 5) is 44.9. The zero-order valence-corrected chi connectivity index (χ0v) is 21.8. The number of rotatable bonds is 6. The molecule has 2 fully saturated rings. The fraction of sp³-hybridized carbons (Fsp3) is 0.267. The number of carbonyl (C=O) groups excluding carboxylic acids is 3. The summed E-state index contributed by atoms with van der Waals surface area (Å²) in [6.45, 7) is 1.11. The van der Waals surface area contributed by atoms with E-state index in [9.17, 15) is 18.8 Å². The van der Waals surface area contributed by atoms with Crippen LogP contribution in [0, 0.1) is 17.1 Å². The lowest BCUT2D eigenvalue weighted by atomic mass is 9.85. The third-order valence-electron chi connectivity index (χ3n) is 7.46. The molecule has 0 radical (unpaired) electrons. The quantitative estimate of drug-likeness (QED) is 0.496. The van der Waals surface area contributed by atoms with Crippen LogP contribution < -0.4 is 15.5 Å². The van der Waals surface area contributed by atoms with Gasteiger partial charge in [-0.25, -0.2) is 9.18 Å². The van der Waals surface area contributed by atoms with E-state index in [4.69, 9.17) is 5.26 Å². The second-order valence-corrected chi connectivity index (χ2v) is 9.95. The molecule has 0 aromatic heterocycles. The number of benzene rings is 3. The highest BCUT2D eigenvalue weighted by Crippen LogP contribution is 2.39. The minimum atomic E-state index is -0.871. The van der Waals surface area contributed by atoms with Gasteiger partial charge in [-0.15, -0.1) is 0 Å². The molecule has 5 rings (SSSR count). The Morgan fingerprint density at radius 1 is 0.950 bits per heavy atom. The average molecular weight is 541 g/mol. The van der Waals surface area contributed by atoms with Crippen molar-refractivity contribution in [1.82, 2.24) is 15.1 Å². The van der Waals surface area contributed by atoms with E-state index in [-0.39, 0.29) is 43.4 Å². The van der Waals surface area contributed by atoms with E-state index in [1.807, 2.05) is 35.2 Å². The summed E-state index contributed by atoms with van der Waals surface area (Å²) in [6.07, 6.45) is 0.824. The maximum atomic E-state index is 13.9. The fourth-order valence-corrected chi connectivity index (χ4v) is 5.26. The number of para-hydroxylation sites is 1. The zero-order valence-electron chi connectivity index (χ0n) is 21.8. The summed E-state index contributed by atoms with van der Waals surface area (Å²) in [5.74, 6) is -0.788. The standard InChI is InChI=1S/C30H29FN6O3/c31-24-10-6-23(7-11-24)19-33-27(38)20-36-21-37(26-4-2-1-3-5-26)30(28(36)39)14-16-35(17-15-30)29(40)34-25-12-8-22(18-32)9-13-25/h1-13H,14-17,19-21H2,(H,33,38)(H,34,40). The minimum Gasteiger partial charge on any atom is -0.350 e. The molecule has 2 heterocycles. The van der Waals surface area contributed by atoms with Gasteiger partial charge < -0.3 is 25.3 Å². The molecule has 204 valence electrons. The number of anilines is 2. The van der Waals surface area contributed by atoms with Gasteiger partial charge in [0, 0.05) is 31.0 Å². The highest BCUT2D eigenvalue weighted by Gasteiger charge is 2.54. The molecule has 40 heavy (non-hydrogen) atoms. The van der Waals surface area contributed by atoms with Crippen LogP contribution in [0.25, 0.3) is 0 Å². The van der Waals surface area contributed by atoms with Gasteiger partial charge in [0.05, 0.1) is 18.3 Å². The Labute approximate surface area is 231 Å². The maximum Gasteiger partial charge on any atom is 0.321 e. The van der Waals surface area contributed by atoms with Crippen LogP contribution in [-0.4, -0.2) is 59.5 Å². The highest BCUT2D eigenvalue weighted by molar-refractivity contribution is 5.97. The number of piperidine rings is 1. The van der Waals surface area contributed by atoms with Gasteiger partial charge in [-0.2, -0.15) is 5.26 Å². The van der Waals surface area contributed by atoms with Gasteiger partial charge in [0.2, 0.25) is 5.91 Å². The molecule has 2 aliphatic heterocycles. The molecule has 0 atom stereocenters. The first-order chi connectivity index (χ1) is 19.4. The van der Waals surface area contributed by atoms with Gasteiger partial charge in [-0.3, -0.25) is 9.59 Å². The van der Waals surface area contributed by atoms with Gasteiger partial charge in [-0.05, 0) is 66.9 Å². The Bertz CT molecular complexity index is 1410. The number of carbonyl (C=O) groups is 3. The van der Waals surface area contributed by atoms with Gasteiger partial charge in [0.25, 0.3) is 5.91 Å². The zero-order chi connectivity index (χ0) is 28.1. The first-order valence-corrected chi connectivity index (χ1v) is 13.1. The van der Waals surface area contributed by atoms with Crippen molar-refractivity contribution in [3.63, 3.8) is 0 Å². The summed E-state index contributed by atoms with van der Waals surface area (Å²) in [7, 11) is 0. The number of hydrogen-bond acceptors (Lipinski definition) is 5. The predicted molar refractivity (Wildman–Crippen MR) is 147 cm³/mol. The monoisotopic (exact) mass is 540 g/mol. The minimum absolute atomic E-state index is 0.103. The van der Waals surface area contributed by atoms with Crippen LogP contribution in [0.4, 0.5) is 20.6 Å². The Hall–Kier alpha value is -4.91. The lowest BCUT2D eigenvalue weighted by Crippen LogP contribution is -2.58. The number of amides is 4. The fourth-order valence-electron chi connectivity index (χ4n) is 5.26. The Morgan fingerprint density at radius 2 is 1.62 bits per heavy atom. The molecule has 3 aromatic rings. The number of nitrogens with zero attached hydrogens (tertiary/aromatic N) is 4. The van der Waals surface area contributed by atoms with E-state index >= 15 is 0 Å². The van der Waals surface area contributed by atoms with E-state index in [2.05, 4.69) is 16.7 Å². The van der Waals surface area contributed by atoms with Crippen molar-refractivity contribution in [3.8, 4) is 6.07 Å². The van der Waals surface area contributed by atoms with Gasteiger partial charge in [0.15, 0.2) is 0 Å². The number of hydrogen-bond donors (Lipinski definition) is 2. The van der Waals surface area contributed by atoms with Crippen LogP contribution in [-0.2, 0) is 16.1 Å². The van der Waals surface area contributed by atoms with E-state index in [1.165, 1.54) is 12.1 Å². The van der Waals surface area contributed by atoms with Crippen molar-refractivity contribution in [1.29, 1.82) is 5.26 Å². The molecule has 9 nitrogen and oxygen atoms in total. The summed E-state index contributed by atoms with van der Waals surface area (Å²) in [6, 6.07) is 23.9. The second-order valence-electron chi connectivity index (χ2n) is 9.95. The average Bonchev–Trinajstić information content (AvgIpc) is 3.24. The van der Waals surface area contributed by atoms with Crippen molar-refractivity contribution in [2.24, 2.45) is 0 Å². The second kappa shape index (κ2) is 11.5. The highest BCUT2D eigenvalue weighted by atomic mass is 19.1.